The third kappa shape index (κ3) is 10.5. The van der Waals surface area contributed by atoms with E-state index in [1.54, 1.807) is 0 Å². The Morgan fingerprint density at radius 1 is 1.00 bits per heavy atom. The molecule has 1 aliphatic rings. The van der Waals surface area contributed by atoms with Gasteiger partial charge in [-0.3, -0.25) is 4.79 Å². The standard InChI is InChI=1S/C24H39NO2/c26-24(27)18-17-23(20-22-15-9-5-10-16-22)25-19-11-3-1-2-6-12-21-13-7-4-8-14-21/h4,7-8,13-14,22-23,25H,1-3,5-6,9-12,15-20H2,(H,26,27)/t23-/m0/s1. The highest BCUT2D eigenvalue weighted by molar-refractivity contribution is 5.66. The van der Waals surface area contributed by atoms with Crippen LogP contribution >= 0.6 is 0 Å². The van der Waals surface area contributed by atoms with Crippen molar-refractivity contribution in [1.29, 1.82) is 0 Å². The van der Waals surface area contributed by atoms with E-state index in [-0.39, 0.29) is 0 Å². The van der Waals surface area contributed by atoms with Crippen molar-refractivity contribution in [2.75, 3.05) is 6.54 Å². The van der Waals surface area contributed by atoms with Gasteiger partial charge >= 0.3 is 5.97 Å². The first-order valence-electron chi connectivity index (χ1n) is 11.2. The Morgan fingerprint density at radius 2 is 1.70 bits per heavy atom. The molecule has 1 aromatic carbocycles. The maximum absolute atomic E-state index is 10.9. The van der Waals surface area contributed by atoms with Gasteiger partial charge in [0.1, 0.15) is 0 Å². The van der Waals surface area contributed by atoms with Crippen LogP contribution < -0.4 is 5.32 Å². The van der Waals surface area contributed by atoms with Gasteiger partial charge in [0.05, 0.1) is 0 Å². The second-order valence-corrected chi connectivity index (χ2v) is 8.33. The second-order valence-electron chi connectivity index (χ2n) is 8.33. The molecule has 0 spiro atoms. The van der Waals surface area contributed by atoms with Crippen LogP contribution in [0.15, 0.2) is 30.3 Å². The molecule has 0 aliphatic heterocycles. The summed E-state index contributed by atoms with van der Waals surface area (Å²) in [6.07, 6.45) is 16.6. The van der Waals surface area contributed by atoms with Gasteiger partial charge in [-0.2, -0.15) is 0 Å². The number of benzene rings is 1. The van der Waals surface area contributed by atoms with Gasteiger partial charge in [0, 0.05) is 12.5 Å². The highest BCUT2D eigenvalue weighted by Crippen LogP contribution is 2.28. The van der Waals surface area contributed by atoms with Gasteiger partial charge in [0.2, 0.25) is 0 Å². The summed E-state index contributed by atoms with van der Waals surface area (Å²) in [5.41, 5.74) is 1.45. The van der Waals surface area contributed by atoms with Crippen LogP contribution in [0.3, 0.4) is 0 Å². The maximum Gasteiger partial charge on any atom is 0.303 e. The summed E-state index contributed by atoms with van der Waals surface area (Å²) < 4.78 is 0. The normalized spacial score (nSPS) is 16.3. The van der Waals surface area contributed by atoms with Crippen molar-refractivity contribution in [1.82, 2.24) is 5.32 Å². The predicted molar refractivity (Wildman–Crippen MR) is 113 cm³/mol. The van der Waals surface area contributed by atoms with Crippen molar-refractivity contribution in [3.05, 3.63) is 35.9 Å². The van der Waals surface area contributed by atoms with E-state index in [4.69, 9.17) is 5.11 Å². The SMILES string of the molecule is O=C(O)CC[C@@H](CC1CCCCC1)NCCCCCCCc1ccccc1. The molecule has 2 N–H and O–H groups in total. The molecule has 3 heteroatoms. The summed E-state index contributed by atoms with van der Waals surface area (Å²) in [6.45, 7) is 1.04. The lowest BCUT2D eigenvalue weighted by Gasteiger charge is -2.27. The molecule has 0 unspecified atom stereocenters. The average molecular weight is 374 g/mol. The molecule has 1 saturated carbocycles. The third-order valence-corrected chi connectivity index (χ3v) is 5.97. The topological polar surface area (TPSA) is 49.3 Å². The summed E-state index contributed by atoms with van der Waals surface area (Å²) in [7, 11) is 0. The maximum atomic E-state index is 10.9. The van der Waals surface area contributed by atoms with Crippen molar-refractivity contribution in [3.63, 3.8) is 0 Å². The molecule has 0 amide bonds. The smallest absolute Gasteiger partial charge is 0.303 e. The Balaban J connectivity index is 1.53. The molecule has 3 nitrogen and oxygen atoms in total. The minimum Gasteiger partial charge on any atom is -0.481 e. The fourth-order valence-corrected chi connectivity index (χ4v) is 4.36. The number of carboxylic acids is 1. The van der Waals surface area contributed by atoms with Gasteiger partial charge in [-0.05, 0) is 50.1 Å². The lowest BCUT2D eigenvalue weighted by atomic mass is 9.84. The van der Waals surface area contributed by atoms with Gasteiger partial charge in [-0.15, -0.1) is 0 Å². The van der Waals surface area contributed by atoms with Crippen molar-refractivity contribution < 1.29 is 9.90 Å². The van der Waals surface area contributed by atoms with Crippen LogP contribution in [0.4, 0.5) is 0 Å². The fourth-order valence-electron chi connectivity index (χ4n) is 4.36. The lowest BCUT2D eigenvalue weighted by molar-refractivity contribution is -0.137. The molecule has 1 atom stereocenters. The average Bonchev–Trinajstić information content (AvgIpc) is 2.69. The van der Waals surface area contributed by atoms with Gasteiger partial charge in [0.25, 0.3) is 0 Å². The zero-order valence-corrected chi connectivity index (χ0v) is 17.0. The zero-order chi connectivity index (χ0) is 19.2. The number of aliphatic carboxylic acids is 1. The number of nitrogens with one attached hydrogen (secondary N) is 1. The minimum absolute atomic E-state index is 0.296. The molecule has 1 fully saturated rings. The minimum atomic E-state index is -0.663. The second kappa shape index (κ2) is 13.8. The fraction of sp³-hybridized carbons (Fsp3) is 0.708. The van der Waals surface area contributed by atoms with E-state index < -0.39 is 5.97 Å². The Morgan fingerprint density at radius 3 is 2.44 bits per heavy atom. The van der Waals surface area contributed by atoms with Gasteiger partial charge in [-0.1, -0.05) is 81.7 Å². The summed E-state index contributed by atoms with van der Waals surface area (Å²) in [5, 5.41) is 12.7. The largest absolute Gasteiger partial charge is 0.481 e. The third-order valence-electron chi connectivity index (χ3n) is 5.97. The highest BCUT2D eigenvalue weighted by Gasteiger charge is 2.19. The van der Waals surface area contributed by atoms with E-state index in [1.165, 1.54) is 82.6 Å². The first-order valence-corrected chi connectivity index (χ1v) is 11.2. The quantitative estimate of drug-likeness (QED) is 0.395. The lowest BCUT2D eigenvalue weighted by Crippen LogP contribution is -2.33. The van der Waals surface area contributed by atoms with Gasteiger partial charge in [-0.25, -0.2) is 0 Å². The Labute approximate surface area is 166 Å². The van der Waals surface area contributed by atoms with E-state index in [9.17, 15) is 4.79 Å². The van der Waals surface area contributed by atoms with Crippen molar-refractivity contribution in [2.45, 2.75) is 95.9 Å². The molecule has 0 heterocycles. The summed E-state index contributed by atoms with van der Waals surface area (Å²) in [5.74, 6) is 0.145. The molecule has 0 bridgehead atoms. The molecule has 0 saturated heterocycles. The number of hydrogen-bond acceptors (Lipinski definition) is 2. The van der Waals surface area contributed by atoms with Crippen molar-refractivity contribution in [3.8, 4) is 0 Å². The number of carbonyl (C=O) groups is 1. The van der Waals surface area contributed by atoms with Gasteiger partial charge < -0.3 is 10.4 Å². The first kappa shape index (κ1) is 21.9. The number of rotatable bonds is 14. The van der Waals surface area contributed by atoms with Crippen molar-refractivity contribution in [2.24, 2.45) is 5.92 Å². The summed E-state index contributed by atoms with van der Waals surface area (Å²) >= 11 is 0. The van der Waals surface area contributed by atoms with E-state index in [1.807, 2.05) is 0 Å². The van der Waals surface area contributed by atoms with Crippen LogP contribution in [0.25, 0.3) is 0 Å². The van der Waals surface area contributed by atoms with Crippen LogP contribution in [0.1, 0.15) is 89.0 Å². The number of carboxylic acid groups (broad SMARTS) is 1. The Kier molecular flexibility index (Phi) is 11.2. The summed E-state index contributed by atoms with van der Waals surface area (Å²) in [6, 6.07) is 11.1. The highest BCUT2D eigenvalue weighted by atomic mass is 16.4. The molecular weight excluding hydrogens is 334 g/mol. The van der Waals surface area contributed by atoms with Crippen LogP contribution in [0.5, 0.6) is 0 Å². The zero-order valence-electron chi connectivity index (χ0n) is 17.0. The molecule has 0 aromatic heterocycles. The van der Waals surface area contributed by atoms with E-state index in [0.717, 1.165) is 18.9 Å². The molecular formula is C24H39NO2. The van der Waals surface area contributed by atoms with E-state index >= 15 is 0 Å². The van der Waals surface area contributed by atoms with Crippen LogP contribution in [-0.2, 0) is 11.2 Å². The van der Waals surface area contributed by atoms with Crippen LogP contribution in [-0.4, -0.2) is 23.7 Å². The van der Waals surface area contributed by atoms with Gasteiger partial charge in [0.15, 0.2) is 0 Å². The molecule has 27 heavy (non-hydrogen) atoms. The van der Waals surface area contributed by atoms with E-state index in [2.05, 4.69) is 35.6 Å². The molecule has 2 rings (SSSR count). The molecule has 152 valence electrons. The monoisotopic (exact) mass is 373 g/mol. The van der Waals surface area contributed by atoms with Crippen molar-refractivity contribution >= 4 is 5.97 Å². The Bertz CT molecular complexity index is 496. The van der Waals surface area contributed by atoms with E-state index in [0.29, 0.717) is 12.5 Å². The number of aryl methyl sites for hydroxylation is 1. The first-order chi connectivity index (χ1) is 13.2. The van der Waals surface area contributed by atoms with Crippen LogP contribution in [0, 0.1) is 5.92 Å². The van der Waals surface area contributed by atoms with Crippen LogP contribution in [0.2, 0.25) is 0 Å². The number of hydrogen-bond donors (Lipinski definition) is 2. The Hall–Kier alpha value is -1.35. The molecule has 1 aromatic rings. The number of unbranched alkanes of at least 4 members (excludes halogenated alkanes) is 4. The summed E-state index contributed by atoms with van der Waals surface area (Å²) in [4.78, 5) is 10.9. The predicted octanol–water partition coefficient (Wildman–Crippen LogP) is 5.97. The molecule has 0 radical (unpaired) electrons. The molecule has 1 aliphatic carbocycles.